The molecule has 0 aliphatic carbocycles. The highest BCUT2D eigenvalue weighted by molar-refractivity contribution is 5.47. The number of carbonyl (C=O) groups excluding carboxylic acids is 1. The van der Waals surface area contributed by atoms with Crippen molar-refractivity contribution in [2.75, 3.05) is 0 Å². The molecule has 0 saturated heterocycles. The van der Waals surface area contributed by atoms with Gasteiger partial charge in [-0.1, -0.05) is 6.07 Å². The van der Waals surface area contributed by atoms with Crippen molar-refractivity contribution >= 4 is 6.41 Å². The van der Waals surface area contributed by atoms with Crippen LogP contribution in [0.3, 0.4) is 0 Å². The summed E-state index contributed by atoms with van der Waals surface area (Å²) < 4.78 is 36.1. The lowest BCUT2D eigenvalue weighted by Crippen LogP contribution is -2.12. The van der Waals surface area contributed by atoms with Gasteiger partial charge < -0.3 is 5.32 Å². The third-order valence-corrected chi connectivity index (χ3v) is 1.48. The first-order valence-electron chi connectivity index (χ1n) is 3.66. The number of nitrogens with one attached hydrogen (secondary N) is 1. The predicted molar refractivity (Wildman–Crippen MR) is 41.8 cm³/mol. The Hall–Kier alpha value is -1.59. The molecule has 0 aliphatic rings. The van der Waals surface area contributed by atoms with Crippen LogP contribution < -0.4 is 5.32 Å². The van der Waals surface area contributed by atoms with Crippen LogP contribution in [0.4, 0.5) is 13.2 Å². The zero-order valence-corrected chi connectivity index (χ0v) is 6.93. The first-order valence-corrected chi connectivity index (χ1v) is 3.66. The molecular formula is C8H6F3N2O. The number of aromatic nitrogens is 1. The summed E-state index contributed by atoms with van der Waals surface area (Å²) in [5.41, 5.74) is -0.460. The number of amides is 1. The second-order valence-electron chi connectivity index (χ2n) is 2.51. The number of nitrogens with zero attached hydrogens (tertiary/aromatic N) is 1. The summed E-state index contributed by atoms with van der Waals surface area (Å²) in [7, 11) is 0. The fourth-order valence-corrected chi connectivity index (χ4v) is 0.835. The van der Waals surface area contributed by atoms with Gasteiger partial charge in [0.1, 0.15) is 5.69 Å². The van der Waals surface area contributed by atoms with Crippen LogP contribution in [0, 0.1) is 0 Å². The van der Waals surface area contributed by atoms with E-state index in [-0.39, 0.29) is 6.54 Å². The summed E-state index contributed by atoms with van der Waals surface area (Å²) in [4.78, 5) is 13.0. The van der Waals surface area contributed by atoms with Crippen LogP contribution in [0.1, 0.15) is 11.3 Å². The van der Waals surface area contributed by atoms with Crippen LogP contribution >= 0.6 is 0 Å². The Morgan fingerprint density at radius 2 is 2.14 bits per heavy atom. The molecule has 0 fully saturated rings. The molecule has 0 spiro atoms. The molecular weight excluding hydrogens is 197 g/mol. The third kappa shape index (κ3) is 2.72. The number of hydrogen-bond acceptors (Lipinski definition) is 2. The summed E-state index contributed by atoms with van der Waals surface area (Å²) in [5, 5.41) is 2.20. The lowest BCUT2D eigenvalue weighted by Gasteiger charge is -2.05. The molecule has 0 bridgehead atoms. The SMILES string of the molecule is O=[C]NCc1ccc(C(F)(F)F)nc1. The maximum absolute atomic E-state index is 12.0. The van der Waals surface area contributed by atoms with Crippen LogP contribution in [-0.2, 0) is 17.5 Å². The normalized spacial score (nSPS) is 11.1. The Kier molecular flexibility index (Phi) is 3.06. The summed E-state index contributed by atoms with van der Waals surface area (Å²) in [5.74, 6) is 0. The molecule has 0 atom stereocenters. The van der Waals surface area contributed by atoms with Gasteiger partial charge in [-0.15, -0.1) is 0 Å². The lowest BCUT2D eigenvalue weighted by molar-refractivity contribution is -0.141. The van der Waals surface area contributed by atoms with E-state index in [0.29, 0.717) is 5.56 Å². The molecule has 75 valence electrons. The van der Waals surface area contributed by atoms with Crippen molar-refractivity contribution in [2.24, 2.45) is 0 Å². The second kappa shape index (κ2) is 4.08. The van der Waals surface area contributed by atoms with E-state index < -0.39 is 11.9 Å². The highest BCUT2D eigenvalue weighted by atomic mass is 19.4. The molecule has 6 heteroatoms. The molecule has 0 saturated carbocycles. The van der Waals surface area contributed by atoms with E-state index in [0.717, 1.165) is 12.3 Å². The van der Waals surface area contributed by atoms with Crippen molar-refractivity contribution in [3.8, 4) is 0 Å². The van der Waals surface area contributed by atoms with Crippen molar-refractivity contribution in [1.82, 2.24) is 10.3 Å². The minimum atomic E-state index is -4.43. The highest BCUT2D eigenvalue weighted by Crippen LogP contribution is 2.26. The molecule has 0 aromatic carbocycles. The standard InChI is InChI=1S/C8H6F3N2O/c9-8(10,11)7-2-1-6(4-13-7)3-12-5-14/h1-2,4H,3H2,(H,12,14). The third-order valence-electron chi connectivity index (χ3n) is 1.48. The molecule has 3 nitrogen and oxygen atoms in total. The van der Waals surface area contributed by atoms with Gasteiger partial charge in [-0.2, -0.15) is 13.2 Å². The van der Waals surface area contributed by atoms with Crippen LogP contribution in [-0.4, -0.2) is 11.4 Å². The van der Waals surface area contributed by atoms with E-state index in [9.17, 15) is 18.0 Å². The van der Waals surface area contributed by atoms with E-state index in [2.05, 4.69) is 10.3 Å². The molecule has 1 N–H and O–H groups in total. The Morgan fingerprint density at radius 1 is 1.43 bits per heavy atom. The number of pyridine rings is 1. The van der Waals surface area contributed by atoms with Gasteiger partial charge in [-0.05, 0) is 11.6 Å². The maximum Gasteiger partial charge on any atom is 0.433 e. The Bertz CT molecular complexity index is 307. The summed E-state index contributed by atoms with van der Waals surface area (Å²) in [6.07, 6.45) is -1.95. The van der Waals surface area contributed by atoms with Crippen LogP contribution in [0.25, 0.3) is 0 Å². The van der Waals surface area contributed by atoms with E-state index in [1.54, 1.807) is 0 Å². The van der Waals surface area contributed by atoms with Gasteiger partial charge in [0.05, 0.1) is 0 Å². The molecule has 1 radical (unpaired) electrons. The van der Waals surface area contributed by atoms with Crippen LogP contribution in [0.15, 0.2) is 18.3 Å². The van der Waals surface area contributed by atoms with Gasteiger partial charge in [0.2, 0.25) is 0 Å². The Balaban J connectivity index is 2.73. The molecule has 1 amide bonds. The monoisotopic (exact) mass is 203 g/mol. The Morgan fingerprint density at radius 3 is 2.57 bits per heavy atom. The van der Waals surface area contributed by atoms with E-state index in [1.807, 2.05) is 0 Å². The fraction of sp³-hybridized carbons (Fsp3) is 0.250. The van der Waals surface area contributed by atoms with Crippen LogP contribution in [0.5, 0.6) is 0 Å². The summed E-state index contributed by atoms with van der Waals surface area (Å²) in [6.45, 7) is 0.120. The van der Waals surface area contributed by atoms with Gasteiger partial charge in [-0.3, -0.25) is 9.78 Å². The average Bonchev–Trinajstić information content (AvgIpc) is 2.14. The van der Waals surface area contributed by atoms with Crippen molar-refractivity contribution in [2.45, 2.75) is 12.7 Å². The smallest absolute Gasteiger partial charge is 0.344 e. The quantitative estimate of drug-likeness (QED) is 0.751. The van der Waals surface area contributed by atoms with Crippen molar-refractivity contribution in [3.63, 3.8) is 0 Å². The second-order valence-corrected chi connectivity index (χ2v) is 2.51. The number of rotatable bonds is 3. The minimum Gasteiger partial charge on any atom is -0.344 e. The first kappa shape index (κ1) is 10.5. The Labute approximate surface area is 78.0 Å². The topological polar surface area (TPSA) is 42.0 Å². The van der Waals surface area contributed by atoms with Crippen molar-refractivity contribution in [1.29, 1.82) is 0 Å². The molecule has 1 rings (SSSR count). The lowest BCUT2D eigenvalue weighted by atomic mass is 10.2. The van der Waals surface area contributed by atoms with Gasteiger partial charge >= 0.3 is 12.6 Å². The molecule has 1 aromatic rings. The highest BCUT2D eigenvalue weighted by Gasteiger charge is 2.31. The fourth-order valence-electron chi connectivity index (χ4n) is 0.835. The largest absolute Gasteiger partial charge is 0.433 e. The van der Waals surface area contributed by atoms with Gasteiger partial charge in [0.15, 0.2) is 0 Å². The van der Waals surface area contributed by atoms with Crippen molar-refractivity contribution in [3.05, 3.63) is 29.6 Å². The first-order chi connectivity index (χ1) is 6.54. The number of alkyl halides is 3. The van der Waals surface area contributed by atoms with Crippen molar-refractivity contribution < 1.29 is 18.0 Å². The van der Waals surface area contributed by atoms with Crippen LogP contribution in [0.2, 0.25) is 0 Å². The van der Waals surface area contributed by atoms with Gasteiger partial charge in [0, 0.05) is 12.7 Å². The zero-order chi connectivity index (χ0) is 10.6. The molecule has 1 heterocycles. The van der Waals surface area contributed by atoms with Gasteiger partial charge in [0.25, 0.3) is 0 Å². The van der Waals surface area contributed by atoms with E-state index >= 15 is 0 Å². The summed E-state index contributed by atoms with van der Waals surface area (Å²) >= 11 is 0. The number of hydrogen-bond donors (Lipinski definition) is 1. The molecule has 0 unspecified atom stereocenters. The molecule has 1 aromatic heterocycles. The molecule has 14 heavy (non-hydrogen) atoms. The summed E-state index contributed by atoms with van der Waals surface area (Å²) in [6, 6.07) is 2.11. The number of halogens is 3. The predicted octanol–water partition coefficient (Wildman–Crippen LogP) is 1.26. The molecule has 0 aliphatic heterocycles. The van der Waals surface area contributed by atoms with Gasteiger partial charge in [-0.25, -0.2) is 0 Å². The minimum absolute atomic E-state index is 0.120. The van der Waals surface area contributed by atoms with E-state index in [4.69, 9.17) is 0 Å². The average molecular weight is 203 g/mol. The van der Waals surface area contributed by atoms with E-state index in [1.165, 1.54) is 12.5 Å². The maximum atomic E-state index is 12.0. The zero-order valence-electron chi connectivity index (χ0n) is 6.93.